The van der Waals surface area contributed by atoms with Crippen molar-refractivity contribution in [1.29, 1.82) is 5.26 Å². The van der Waals surface area contributed by atoms with E-state index in [1.807, 2.05) is 4.90 Å². The molecule has 1 saturated heterocycles. The van der Waals surface area contributed by atoms with Gasteiger partial charge in [0, 0.05) is 32.4 Å². The predicted molar refractivity (Wildman–Crippen MR) is 96.4 cm³/mol. The number of sulfonamides is 1. The maximum absolute atomic E-state index is 12.8. The molecule has 0 saturated carbocycles. The Balaban J connectivity index is 1.80. The van der Waals surface area contributed by atoms with Gasteiger partial charge >= 0.3 is 0 Å². The van der Waals surface area contributed by atoms with Gasteiger partial charge < -0.3 is 4.90 Å². The van der Waals surface area contributed by atoms with E-state index in [4.69, 9.17) is 23.2 Å². The number of halogens is 2. The Morgan fingerprint density at radius 3 is 2.48 bits per heavy atom. The Morgan fingerprint density at radius 1 is 1.08 bits per heavy atom. The van der Waals surface area contributed by atoms with Gasteiger partial charge in [0.2, 0.25) is 10.0 Å². The van der Waals surface area contributed by atoms with Crippen LogP contribution >= 0.6 is 23.2 Å². The number of hydrogen-bond acceptors (Lipinski definition) is 5. The molecule has 130 valence electrons. The fourth-order valence-electron chi connectivity index (χ4n) is 2.70. The van der Waals surface area contributed by atoms with Crippen LogP contribution in [0.3, 0.4) is 0 Å². The fraction of sp³-hybridized carbons (Fsp3) is 0.250. The summed E-state index contributed by atoms with van der Waals surface area (Å²) in [6.07, 6.45) is 1.62. The first-order valence-electron chi connectivity index (χ1n) is 7.49. The first kappa shape index (κ1) is 18.0. The monoisotopic (exact) mass is 396 g/mol. The summed E-state index contributed by atoms with van der Waals surface area (Å²) in [7, 11) is -3.73. The van der Waals surface area contributed by atoms with E-state index >= 15 is 0 Å². The average molecular weight is 397 g/mol. The van der Waals surface area contributed by atoms with Crippen molar-refractivity contribution in [3.05, 3.63) is 52.1 Å². The third-order valence-electron chi connectivity index (χ3n) is 3.98. The van der Waals surface area contributed by atoms with Crippen LogP contribution in [0.4, 0.5) is 5.82 Å². The Morgan fingerprint density at radius 2 is 1.80 bits per heavy atom. The zero-order valence-corrected chi connectivity index (χ0v) is 15.4. The molecular formula is C16H14Cl2N4O2S. The Bertz CT molecular complexity index is 935. The van der Waals surface area contributed by atoms with Crippen molar-refractivity contribution in [2.45, 2.75) is 4.90 Å². The second kappa shape index (κ2) is 7.18. The summed E-state index contributed by atoms with van der Waals surface area (Å²) >= 11 is 12.0. The van der Waals surface area contributed by atoms with Crippen LogP contribution < -0.4 is 4.90 Å². The predicted octanol–water partition coefficient (Wildman–Crippen LogP) is 2.77. The Kier molecular flexibility index (Phi) is 5.16. The smallest absolute Gasteiger partial charge is 0.244 e. The summed E-state index contributed by atoms with van der Waals surface area (Å²) in [5, 5.41) is 9.42. The first-order valence-corrected chi connectivity index (χ1v) is 9.69. The molecule has 9 heteroatoms. The number of anilines is 1. The van der Waals surface area contributed by atoms with Crippen molar-refractivity contribution < 1.29 is 8.42 Å². The van der Waals surface area contributed by atoms with E-state index < -0.39 is 10.0 Å². The summed E-state index contributed by atoms with van der Waals surface area (Å²) in [5.41, 5.74) is 0.469. The molecule has 1 aliphatic heterocycles. The molecule has 0 unspecified atom stereocenters. The molecule has 1 aromatic heterocycles. The molecule has 0 amide bonds. The van der Waals surface area contributed by atoms with Crippen LogP contribution in [0, 0.1) is 11.3 Å². The van der Waals surface area contributed by atoms with Crippen molar-refractivity contribution >= 4 is 39.0 Å². The normalized spacial score (nSPS) is 15.8. The Labute approximate surface area is 156 Å². The van der Waals surface area contributed by atoms with Crippen LogP contribution in [0.5, 0.6) is 0 Å². The largest absolute Gasteiger partial charge is 0.353 e. The van der Waals surface area contributed by atoms with E-state index in [0.717, 1.165) is 0 Å². The lowest BCUT2D eigenvalue weighted by Crippen LogP contribution is -2.49. The molecule has 1 fully saturated rings. The summed E-state index contributed by atoms with van der Waals surface area (Å²) in [6, 6.07) is 10.0. The number of piperazine rings is 1. The highest BCUT2D eigenvalue weighted by atomic mass is 35.5. The van der Waals surface area contributed by atoms with Gasteiger partial charge in [0.25, 0.3) is 0 Å². The number of rotatable bonds is 3. The van der Waals surface area contributed by atoms with Crippen LogP contribution in [0.15, 0.2) is 41.4 Å². The van der Waals surface area contributed by atoms with Crippen LogP contribution in [0.1, 0.15) is 5.56 Å². The van der Waals surface area contributed by atoms with Crippen LogP contribution in [-0.4, -0.2) is 43.9 Å². The highest BCUT2D eigenvalue weighted by molar-refractivity contribution is 7.89. The lowest BCUT2D eigenvalue weighted by Gasteiger charge is -2.35. The van der Waals surface area contributed by atoms with Gasteiger partial charge in [-0.25, -0.2) is 13.4 Å². The molecule has 3 rings (SSSR count). The summed E-state index contributed by atoms with van der Waals surface area (Å²) in [5.74, 6) is 0.572. The lowest BCUT2D eigenvalue weighted by atomic mass is 10.2. The van der Waals surface area contributed by atoms with Gasteiger partial charge in [0.15, 0.2) is 0 Å². The molecule has 1 aliphatic rings. The molecule has 2 heterocycles. The number of nitrogens with zero attached hydrogens (tertiary/aromatic N) is 4. The van der Waals surface area contributed by atoms with Crippen molar-refractivity contribution in [3.8, 4) is 6.07 Å². The topological polar surface area (TPSA) is 77.3 Å². The highest BCUT2D eigenvalue weighted by Crippen LogP contribution is 2.31. The second-order valence-corrected chi connectivity index (χ2v) is 8.12. The molecule has 25 heavy (non-hydrogen) atoms. The number of hydrogen-bond donors (Lipinski definition) is 0. The highest BCUT2D eigenvalue weighted by Gasteiger charge is 2.31. The molecule has 0 bridgehead atoms. The minimum atomic E-state index is -3.73. The van der Waals surface area contributed by atoms with Gasteiger partial charge in [-0.2, -0.15) is 9.57 Å². The van der Waals surface area contributed by atoms with Gasteiger partial charge in [-0.15, -0.1) is 0 Å². The average Bonchev–Trinajstić information content (AvgIpc) is 2.64. The molecule has 0 spiro atoms. The maximum atomic E-state index is 12.8. The second-order valence-electron chi connectivity index (χ2n) is 5.43. The van der Waals surface area contributed by atoms with Crippen LogP contribution in [-0.2, 0) is 10.0 Å². The zero-order chi connectivity index (χ0) is 18.0. The number of benzene rings is 1. The van der Waals surface area contributed by atoms with E-state index in [2.05, 4.69) is 11.1 Å². The van der Waals surface area contributed by atoms with E-state index in [1.165, 1.54) is 10.4 Å². The molecule has 0 aliphatic carbocycles. The summed E-state index contributed by atoms with van der Waals surface area (Å²) in [4.78, 5) is 6.15. The third kappa shape index (κ3) is 3.44. The van der Waals surface area contributed by atoms with Crippen LogP contribution in [0.25, 0.3) is 0 Å². The van der Waals surface area contributed by atoms with E-state index in [9.17, 15) is 13.7 Å². The van der Waals surface area contributed by atoms with E-state index in [1.54, 1.807) is 30.5 Å². The molecule has 0 atom stereocenters. The van der Waals surface area contributed by atoms with Crippen molar-refractivity contribution in [1.82, 2.24) is 9.29 Å². The van der Waals surface area contributed by atoms with Crippen molar-refractivity contribution in [2.24, 2.45) is 0 Å². The van der Waals surface area contributed by atoms with Gasteiger partial charge in [-0.3, -0.25) is 0 Å². The zero-order valence-electron chi connectivity index (χ0n) is 13.1. The number of aromatic nitrogens is 1. The minimum absolute atomic E-state index is 0.00525. The van der Waals surface area contributed by atoms with Gasteiger partial charge in [0.1, 0.15) is 16.8 Å². The minimum Gasteiger partial charge on any atom is -0.353 e. The molecule has 1 aromatic carbocycles. The fourth-order valence-corrected chi connectivity index (χ4v) is 4.86. The lowest BCUT2D eigenvalue weighted by molar-refractivity contribution is 0.384. The number of pyridine rings is 1. The van der Waals surface area contributed by atoms with Gasteiger partial charge in [-0.05, 0) is 24.3 Å². The SMILES string of the molecule is N#Cc1cccnc1N1CCN(S(=O)(=O)c2cccc(Cl)c2Cl)CC1. The summed E-state index contributed by atoms with van der Waals surface area (Å²) < 4.78 is 27.0. The molecule has 6 nitrogen and oxygen atoms in total. The molecule has 0 radical (unpaired) electrons. The van der Waals surface area contributed by atoms with E-state index in [-0.39, 0.29) is 28.0 Å². The number of nitriles is 1. The quantitative estimate of drug-likeness (QED) is 0.796. The molecular weight excluding hydrogens is 383 g/mol. The molecule has 2 aromatic rings. The summed E-state index contributed by atoms with van der Waals surface area (Å²) in [6.45, 7) is 1.41. The molecule has 0 N–H and O–H groups in total. The van der Waals surface area contributed by atoms with Crippen molar-refractivity contribution in [3.63, 3.8) is 0 Å². The maximum Gasteiger partial charge on any atom is 0.244 e. The van der Waals surface area contributed by atoms with E-state index in [0.29, 0.717) is 24.5 Å². The van der Waals surface area contributed by atoms with Gasteiger partial charge in [0.05, 0.1) is 15.6 Å². The first-order chi connectivity index (χ1) is 11.9. The van der Waals surface area contributed by atoms with Crippen molar-refractivity contribution in [2.75, 3.05) is 31.1 Å². The Hall–Kier alpha value is -1.85. The standard InChI is InChI=1S/C16H14Cl2N4O2S/c17-13-4-1-5-14(15(13)18)25(23,24)22-9-7-21(8-10-22)16-12(11-19)3-2-6-20-16/h1-6H,7-10H2. The van der Waals surface area contributed by atoms with Crippen LogP contribution in [0.2, 0.25) is 10.0 Å². The third-order valence-corrected chi connectivity index (χ3v) is 6.85. The van der Waals surface area contributed by atoms with Gasteiger partial charge in [-0.1, -0.05) is 29.3 Å².